The van der Waals surface area contributed by atoms with Gasteiger partial charge < -0.3 is 14.3 Å². The Morgan fingerprint density at radius 1 is 1.00 bits per heavy atom. The molecule has 1 aliphatic carbocycles. The minimum Gasteiger partial charge on any atom is -0.490 e. The normalized spacial score (nSPS) is 20.6. The van der Waals surface area contributed by atoms with E-state index in [-0.39, 0.29) is 17.5 Å². The van der Waals surface area contributed by atoms with E-state index in [2.05, 4.69) is 0 Å². The molecule has 5 nitrogen and oxygen atoms in total. The van der Waals surface area contributed by atoms with Gasteiger partial charge in [-0.2, -0.15) is 0 Å². The first kappa shape index (κ1) is 15.7. The predicted molar refractivity (Wildman–Crippen MR) is 94.0 cm³/mol. The monoisotopic (exact) mass is 338 g/mol. The average Bonchev–Trinajstić information content (AvgIpc) is 2.63. The van der Waals surface area contributed by atoms with Gasteiger partial charge in [-0.05, 0) is 56.0 Å². The van der Waals surface area contributed by atoms with Gasteiger partial charge >= 0.3 is 5.97 Å². The number of carboxylic acids is 1. The van der Waals surface area contributed by atoms with Crippen LogP contribution in [0.4, 0.5) is 0 Å². The molecule has 1 heterocycles. The zero-order valence-corrected chi connectivity index (χ0v) is 13.6. The number of rotatable bonds is 3. The number of fused-ring (bicyclic) bond motifs is 2. The Morgan fingerprint density at radius 3 is 2.48 bits per heavy atom. The van der Waals surface area contributed by atoms with Gasteiger partial charge in [0.2, 0.25) is 5.43 Å². The van der Waals surface area contributed by atoms with Gasteiger partial charge in [-0.3, -0.25) is 9.59 Å². The lowest BCUT2D eigenvalue weighted by molar-refractivity contribution is -0.143. The molecule has 1 saturated carbocycles. The van der Waals surface area contributed by atoms with Gasteiger partial charge in [0.05, 0.1) is 22.8 Å². The lowest BCUT2D eigenvalue weighted by Gasteiger charge is -2.26. The summed E-state index contributed by atoms with van der Waals surface area (Å²) in [6, 6.07) is 12.4. The summed E-state index contributed by atoms with van der Waals surface area (Å²) in [5.41, 5.74) is 1.03. The first-order chi connectivity index (χ1) is 12.1. The second-order valence-electron chi connectivity index (χ2n) is 6.52. The molecule has 5 heteroatoms. The molecule has 1 N–H and O–H groups in total. The van der Waals surface area contributed by atoms with Crippen LogP contribution < -0.4 is 10.2 Å². The molecule has 2 aromatic carbocycles. The van der Waals surface area contributed by atoms with Crippen molar-refractivity contribution in [3.05, 3.63) is 52.7 Å². The van der Waals surface area contributed by atoms with Crippen molar-refractivity contribution in [3.8, 4) is 5.75 Å². The van der Waals surface area contributed by atoms with Crippen LogP contribution in [-0.4, -0.2) is 17.2 Å². The minimum absolute atomic E-state index is 0.0134. The SMILES string of the molecule is O=C(O)C1CCC(Oc2ccc3oc4ccccc4c(=O)c3c2)CC1. The summed E-state index contributed by atoms with van der Waals surface area (Å²) >= 11 is 0. The van der Waals surface area contributed by atoms with E-state index in [4.69, 9.17) is 14.3 Å². The molecule has 0 radical (unpaired) electrons. The van der Waals surface area contributed by atoms with E-state index < -0.39 is 5.97 Å². The number of hydrogen-bond acceptors (Lipinski definition) is 4. The fourth-order valence-electron chi connectivity index (χ4n) is 3.48. The van der Waals surface area contributed by atoms with Crippen LogP contribution in [0.5, 0.6) is 5.75 Å². The Balaban J connectivity index is 1.61. The Kier molecular flexibility index (Phi) is 3.92. The fraction of sp³-hybridized carbons (Fsp3) is 0.300. The molecule has 0 aliphatic heterocycles. The standard InChI is InChI=1S/C20H18O5/c21-19-15-3-1-2-4-17(15)25-18-10-9-14(11-16(18)19)24-13-7-5-12(6-8-13)20(22)23/h1-4,9-13H,5-8H2,(H,22,23). The summed E-state index contributed by atoms with van der Waals surface area (Å²) in [5, 5.41) is 10.1. The van der Waals surface area contributed by atoms with Crippen LogP contribution in [0.2, 0.25) is 0 Å². The minimum atomic E-state index is -0.728. The fourth-order valence-corrected chi connectivity index (χ4v) is 3.48. The van der Waals surface area contributed by atoms with Gasteiger partial charge in [-0.15, -0.1) is 0 Å². The number of carbonyl (C=O) groups is 1. The van der Waals surface area contributed by atoms with Crippen molar-refractivity contribution >= 4 is 27.9 Å². The molecular weight excluding hydrogens is 320 g/mol. The smallest absolute Gasteiger partial charge is 0.306 e. The van der Waals surface area contributed by atoms with Gasteiger partial charge in [-0.25, -0.2) is 0 Å². The highest BCUT2D eigenvalue weighted by molar-refractivity contribution is 5.90. The van der Waals surface area contributed by atoms with Crippen LogP contribution in [0.1, 0.15) is 25.7 Å². The Morgan fingerprint density at radius 2 is 1.72 bits per heavy atom. The van der Waals surface area contributed by atoms with E-state index in [1.54, 1.807) is 30.3 Å². The summed E-state index contributed by atoms with van der Waals surface area (Å²) in [6.45, 7) is 0. The van der Waals surface area contributed by atoms with Crippen molar-refractivity contribution in [2.45, 2.75) is 31.8 Å². The number of carboxylic acid groups (broad SMARTS) is 1. The second kappa shape index (κ2) is 6.24. The van der Waals surface area contributed by atoms with Crippen molar-refractivity contribution in [2.24, 2.45) is 5.92 Å². The van der Waals surface area contributed by atoms with Crippen LogP contribution in [-0.2, 0) is 4.79 Å². The van der Waals surface area contributed by atoms with E-state index in [0.717, 1.165) is 0 Å². The van der Waals surface area contributed by atoms with Crippen molar-refractivity contribution in [3.63, 3.8) is 0 Å². The lowest BCUT2D eigenvalue weighted by Crippen LogP contribution is -2.27. The zero-order valence-electron chi connectivity index (χ0n) is 13.6. The highest BCUT2D eigenvalue weighted by Crippen LogP contribution is 2.29. The Bertz CT molecular complexity index is 996. The lowest BCUT2D eigenvalue weighted by atomic mass is 9.87. The molecule has 1 aliphatic rings. The molecule has 0 saturated heterocycles. The molecule has 4 rings (SSSR count). The molecule has 1 fully saturated rings. The van der Waals surface area contributed by atoms with Gasteiger partial charge in [0, 0.05) is 0 Å². The summed E-state index contributed by atoms with van der Waals surface area (Å²) in [4.78, 5) is 23.7. The van der Waals surface area contributed by atoms with Crippen LogP contribution in [0.15, 0.2) is 51.7 Å². The third-order valence-electron chi connectivity index (χ3n) is 4.87. The maximum atomic E-state index is 12.7. The molecule has 0 atom stereocenters. The number of ether oxygens (including phenoxy) is 1. The van der Waals surface area contributed by atoms with Gasteiger partial charge in [0.15, 0.2) is 0 Å². The van der Waals surface area contributed by atoms with Crippen LogP contribution in [0.25, 0.3) is 21.9 Å². The van der Waals surface area contributed by atoms with Gasteiger partial charge in [0.1, 0.15) is 16.9 Å². The summed E-state index contributed by atoms with van der Waals surface area (Å²) in [7, 11) is 0. The highest BCUT2D eigenvalue weighted by Gasteiger charge is 2.27. The van der Waals surface area contributed by atoms with Crippen LogP contribution >= 0.6 is 0 Å². The molecule has 0 spiro atoms. The van der Waals surface area contributed by atoms with Crippen LogP contribution in [0.3, 0.4) is 0 Å². The topological polar surface area (TPSA) is 76.7 Å². The summed E-state index contributed by atoms with van der Waals surface area (Å²) in [5.74, 6) is -0.377. The zero-order chi connectivity index (χ0) is 17.4. The Hall–Kier alpha value is -2.82. The van der Waals surface area contributed by atoms with E-state index in [9.17, 15) is 9.59 Å². The van der Waals surface area contributed by atoms with E-state index in [0.29, 0.717) is 53.4 Å². The van der Waals surface area contributed by atoms with E-state index >= 15 is 0 Å². The van der Waals surface area contributed by atoms with Crippen molar-refractivity contribution in [2.75, 3.05) is 0 Å². The molecular formula is C20H18O5. The first-order valence-electron chi connectivity index (χ1n) is 8.47. The Labute approximate surface area is 143 Å². The predicted octanol–water partition coefficient (Wildman–Crippen LogP) is 3.97. The molecule has 0 bridgehead atoms. The third-order valence-corrected chi connectivity index (χ3v) is 4.87. The summed E-state index contributed by atoms with van der Waals surface area (Å²) < 4.78 is 11.8. The summed E-state index contributed by atoms with van der Waals surface area (Å²) in [6.07, 6.45) is 2.66. The van der Waals surface area contributed by atoms with E-state index in [1.807, 2.05) is 12.1 Å². The molecule has 1 aromatic heterocycles. The van der Waals surface area contributed by atoms with E-state index in [1.165, 1.54) is 0 Å². The third kappa shape index (κ3) is 2.97. The van der Waals surface area contributed by atoms with Crippen molar-refractivity contribution in [1.29, 1.82) is 0 Å². The molecule has 0 amide bonds. The number of benzene rings is 2. The maximum Gasteiger partial charge on any atom is 0.306 e. The number of para-hydroxylation sites is 1. The molecule has 25 heavy (non-hydrogen) atoms. The van der Waals surface area contributed by atoms with Gasteiger partial charge in [0.25, 0.3) is 0 Å². The first-order valence-corrected chi connectivity index (χ1v) is 8.47. The number of hydrogen-bond donors (Lipinski definition) is 1. The highest BCUT2D eigenvalue weighted by atomic mass is 16.5. The maximum absolute atomic E-state index is 12.7. The largest absolute Gasteiger partial charge is 0.490 e. The van der Waals surface area contributed by atoms with Crippen molar-refractivity contribution < 1.29 is 19.1 Å². The molecule has 3 aromatic rings. The van der Waals surface area contributed by atoms with Crippen molar-refractivity contribution in [1.82, 2.24) is 0 Å². The number of aliphatic carboxylic acids is 1. The van der Waals surface area contributed by atoms with Gasteiger partial charge in [-0.1, -0.05) is 12.1 Å². The molecule has 0 unspecified atom stereocenters. The quantitative estimate of drug-likeness (QED) is 0.731. The average molecular weight is 338 g/mol. The second-order valence-corrected chi connectivity index (χ2v) is 6.52. The molecule has 128 valence electrons. The van der Waals surface area contributed by atoms with Crippen LogP contribution in [0, 0.1) is 5.92 Å².